The molecule has 2 aliphatic carbocycles. The summed E-state index contributed by atoms with van der Waals surface area (Å²) < 4.78 is 70.3. The van der Waals surface area contributed by atoms with Crippen LogP contribution in [0.4, 0.5) is 10.5 Å². The summed E-state index contributed by atoms with van der Waals surface area (Å²) in [5.74, 6) is 1.08. The number of halogens is 2. The van der Waals surface area contributed by atoms with E-state index in [0.717, 1.165) is 80.8 Å². The number of hydrogen-bond acceptors (Lipinski definition) is 14. The molecule has 0 aromatic heterocycles. The van der Waals surface area contributed by atoms with Crippen LogP contribution in [-0.4, -0.2) is 162 Å². The average molecular weight is 1340 g/mol. The summed E-state index contributed by atoms with van der Waals surface area (Å²) in [7, 11) is -7.46. The van der Waals surface area contributed by atoms with Crippen LogP contribution >= 0.6 is 23.2 Å². The fourth-order valence-electron chi connectivity index (χ4n) is 14.1. The zero-order valence-corrected chi connectivity index (χ0v) is 55.5. The zero-order chi connectivity index (χ0) is 64.8. The van der Waals surface area contributed by atoms with Crippen LogP contribution in [0.3, 0.4) is 0 Å². The van der Waals surface area contributed by atoms with Crippen LogP contribution in [0.15, 0.2) is 82.6 Å². The molecule has 4 atom stereocenters. The van der Waals surface area contributed by atoms with E-state index in [4.69, 9.17) is 39.2 Å². The molecule has 4 saturated heterocycles. The van der Waals surface area contributed by atoms with E-state index in [1.54, 1.807) is 70.5 Å². The predicted octanol–water partition coefficient (Wildman–Crippen LogP) is 9.65. The first kappa shape index (κ1) is 68.5. The fourth-order valence-corrected chi connectivity index (χ4v) is 17.5. The molecule has 0 unspecified atom stereocenters. The van der Waals surface area contributed by atoms with Gasteiger partial charge in [-0.2, -0.15) is 5.26 Å². The van der Waals surface area contributed by atoms with Gasteiger partial charge in [0, 0.05) is 107 Å². The highest BCUT2D eigenvalue weighted by Gasteiger charge is 2.42. The summed E-state index contributed by atoms with van der Waals surface area (Å²) >= 11 is 12.9. The number of piperidine rings is 3. The Kier molecular flexibility index (Phi) is 24.0. The van der Waals surface area contributed by atoms with Crippen molar-refractivity contribution in [3.63, 3.8) is 0 Å². The van der Waals surface area contributed by atoms with E-state index in [9.17, 15) is 41.3 Å². The molecule has 0 saturated carbocycles. The number of nitrogens with one attached hydrogen (secondary N) is 4. The molecular weight excluding hydrogens is 1250 g/mol. The molecule has 92 heavy (non-hydrogen) atoms. The molecule has 4 heterocycles. The number of likely N-dealkylation sites (tertiary alicyclic amines) is 3. The number of sulfonamides is 1. The maximum Gasteiger partial charge on any atom is 0.314 e. The lowest BCUT2D eigenvalue weighted by Gasteiger charge is -2.36. The number of carbonyl (C=O) groups is 4. The van der Waals surface area contributed by atoms with Crippen molar-refractivity contribution in [2.75, 3.05) is 84.3 Å². The van der Waals surface area contributed by atoms with Gasteiger partial charge in [-0.3, -0.25) is 24.2 Å². The van der Waals surface area contributed by atoms with Crippen molar-refractivity contribution in [1.82, 2.24) is 40.3 Å². The van der Waals surface area contributed by atoms with Crippen LogP contribution in [0.1, 0.15) is 149 Å². The number of benzene rings is 4. The van der Waals surface area contributed by atoms with Crippen molar-refractivity contribution in [2.45, 2.75) is 162 Å². The van der Waals surface area contributed by atoms with Gasteiger partial charge < -0.3 is 35.2 Å². The summed E-state index contributed by atoms with van der Waals surface area (Å²) in [5, 5.41) is 19.9. The lowest BCUT2D eigenvalue weighted by atomic mass is 9.98. The summed E-state index contributed by atoms with van der Waals surface area (Å²) in [4.78, 5) is 63.7. The third-order valence-electron chi connectivity index (χ3n) is 19.1. The standard InChI is InChI=1S/C68H86Cl2N10O10S2/c1-72-61-42-50(70)41-60-58(61)44-63(77-31-8-3-9-32-77)67(60)90-54-17-21-56(22-18-54)92(87,88)76-51-25-35-80(36-26-51)64(82)13-6-5-12-52(81)11-4-2-7-27-74-68(84)75-28-10-14-65(83)79-33-23-47(24-34-79)46-91(85,86)55-19-15-53(16-20-55)89-66-59-40-49(69)39-48(45-71)57(59)43-62(66)78-37-29-73-30-38-78/h15-22,39-42,47,51,62-63,66-67,73,76H,2-14,23-38,43-44,46H2,(H2,74,75,84)/t62-,63-,66-,67-/m0/s1. The van der Waals surface area contributed by atoms with Crippen molar-refractivity contribution in [3.8, 4) is 17.6 Å². The first-order chi connectivity index (χ1) is 44.4. The highest BCUT2D eigenvalue weighted by atomic mass is 35.5. The summed E-state index contributed by atoms with van der Waals surface area (Å²) in [6.45, 7) is 15.7. The van der Waals surface area contributed by atoms with Gasteiger partial charge in [0.1, 0.15) is 29.5 Å². The Morgan fingerprint density at radius 1 is 0.620 bits per heavy atom. The Morgan fingerprint density at radius 2 is 1.14 bits per heavy atom. The maximum atomic E-state index is 13.6. The van der Waals surface area contributed by atoms with Gasteiger partial charge in [0.05, 0.1) is 45.8 Å². The number of rotatable bonds is 27. The molecule has 24 heteroatoms. The number of unbranched alkanes of at least 4 members (excludes halogenated alkanes) is 3. The van der Waals surface area contributed by atoms with Gasteiger partial charge in [-0.05, 0) is 198 Å². The Bertz CT molecular complexity index is 3330. The number of nitriles is 1. The fraction of sp³-hybridized carbons (Fsp3) is 0.559. The molecule has 4 aromatic rings. The van der Waals surface area contributed by atoms with Crippen LogP contribution in [0.2, 0.25) is 10.0 Å². The molecular formula is C68H86Cl2N10O10S2. The highest BCUT2D eigenvalue weighted by molar-refractivity contribution is 7.91. The molecule has 0 bridgehead atoms. The number of ether oxygens (including phenoxy) is 2. The number of amides is 4. The lowest BCUT2D eigenvalue weighted by molar-refractivity contribution is -0.133. The first-order valence-corrected chi connectivity index (χ1v) is 36.8. The quantitative estimate of drug-likeness (QED) is 0.0321. The Morgan fingerprint density at radius 3 is 1.75 bits per heavy atom. The highest BCUT2D eigenvalue weighted by Crippen LogP contribution is 2.45. The largest absolute Gasteiger partial charge is 0.484 e. The van der Waals surface area contributed by atoms with Gasteiger partial charge in [0.2, 0.25) is 21.8 Å². The zero-order valence-electron chi connectivity index (χ0n) is 52.4. The SMILES string of the molecule is [C-]#[N+]c1cc(Cl)cc2c1C[C@H](N1CCCCC1)[C@H]2Oc1ccc(S(=O)(=O)NC2CCN(C(=O)CCCCC(=O)CCCCCNC(=O)NCCCC(=O)N3CCC(CS(=O)(=O)c4ccc(O[C@H]5c6cc(Cl)cc(C#N)c6C[C@@H]5N5CCNCC5)cc4)CC3)CC2)cc1. The molecule has 0 radical (unpaired) electrons. The smallest absolute Gasteiger partial charge is 0.314 e. The Labute approximate surface area is 552 Å². The van der Waals surface area contributed by atoms with E-state index in [1.807, 2.05) is 12.1 Å². The second-order valence-electron chi connectivity index (χ2n) is 25.4. The van der Waals surface area contributed by atoms with Gasteiger partial charge in [0.15, 0.2) is 15.5 Å². The number of Topliss-reactive ketones (excluding diaryl/α,β-unsaturated/α-hetero) is 1. The minimum absolute atomic E-state index is 0.00144. The molecule has 20 nitrogen and oxygen atoms in total. The lowest BCUT2D eigenvalue weighted by Crippen LogP contribution is -2.50. The second-order valence-corrected chi connectivity index (χ2v) is 30.0. The van der Waals surface area contributed by atoms with Gasteiger partial charge >= 0.3 is 6.03 Å². The number of hydrogen-bond donors (Lipinski definition) is 4. The summed E-state index contributed by atoms with van der Waals surface area (Å²) in [6.07, 6.45) is 11.4. The molecule has 4 aliphatic heterocycles. The molecule has 4 N–H and O–H groups in total. The van der Waals surface area contributed by atoms with Crippen LogP contribution in [0, 0.1) is 23.8 Å². The van der Waals surface area contributed by atoms with Gasteiger partial charge in [-0.1, -0.05) is 36.0 Å². The van der Waals surface area contributed by atoms with E-state index in [0.29, 0.717) is 162 Å². The van der Waals surface area contributed by atoms with E-state index >= 15 is 0 Å². The number of sulfone groups is 1. The molecule has 0 spiro atoms. The second kappa shape index (κ2) is 32.2. The topological polar surface area (TPSA) is 244 Å². The van der Waals surface area contributed by atoms with E-state index in [2.05, 4.69) is 41.4 Å². The number of urea groups is 1. The van der Waals surface area contributed by atoms with Crippen LogP contribution in [0.25, 0.3) is 4.85 Å². The van der Waals surface area contributed by atoms with E-state index in [1.165, 1.54) is 6.42 Å². The molecule has 4 amide bonds. The van der Waals surface area contributed by atoms with Gasteiger partial charge in [-0.25, -0.2) is 31.2 Å². The number of ketones is 1. The number of nitrogens with zero attached hydrogens (tertiary/aromatic N) is 6. The van der Waals surface area contributed by atoms with Gasteiger partial charge in [0.25, 0.3) is 0 Å². The molecule has 10 rings (SSSR count). The van der Waals surface area contributed by atoms with Crippen LogP contribution in [0.5, 0.6) is 11.5 Å². The minimum atomic E-state index is -3.85. The first-order valence-electron chi connectivity index (χ1n) is 32.9. The van der Waals surface area contributed by atoms with Crippen molar-refractivity contribution in [2.24, 2.45) is 5.92 Å². The third kappa shape index (κ3) is 17.9. The molecule has 4 fully saturated rings. The molecule has 494 valence electrons. The molecule has 6 aliphatic rings. The average Bonchev–Trinajstić information content (AvgIpc) is 1.63. The number of piperazine rings is 1. The molecule has 4 aromatic carbocycles. The third-order valence-corrected chi connectivity index (χ3v) is 23.0. The summed E-state index contributed by atoms with van der Waals surface area (Å²) in [5.41, 5.74) is 4.78. The number of fused-ring (bicyclic) bond motifs is 2. The van der Waals surface area contributed by atoms with Crippen LogP contribution < -0.4 is 30.1 Å². The van der Waals surface area contributed by atoms with Crippen molar-refractivity contribution in [1.29, 1.82) is 5.26 Å². The summed E-state index contributed by atoms with van der Waals surface area (Å²) in [6, 6.07) is 21.9. The van der Waals surface area contributed by atoms with E-state index in [-0.39, 0.29) is 81.8 Å². The van der Waals surface area contributed by atoms with E-state index < -0.39 is 19.9 Å². The normalized spacial score (nSPS) is 20.8. The minimum Gasteiger partial charge on any atom is -0.484 e. The van der Waals surface area contributed by atoms with Crippen molar-refractivity contribution < 1.29 is 45.5 Å². The monoisotopic (exact) mass is 1340 g/mol. The Hall–Kier alpha value is -6.34. The number of carbonyl (C=O) groups excluding carboxylic acids is 4. The van der Waals surface area contributed by atoms with Crippen molar-refractivity contribution in [3.05, 3.63) is 122 Å². The Balaban J connectivity index is 0.537. The van der Waals surface area contributed by atoms with Crippen molar-refractivity contribution >= 4 is 72.4 Å². The maximum absolute atomic E-state index is 13.6. The predicted molar refractivity (Wildman–Crippen MR) is 352 cm³/mol. The van der Waals surface area contributed by atoms with Crippen LogP contribution in [-0.2, 0) is 47.1 Å². The van der Waals surface area contributed by atoms with Gasteiger partial charge in [-0.15, -0.1) is 0 Å².